The topological polar surface area (TPSA) is 152 Å². The molecule has 0 spiro atoms. The first-order valence-electron chi connectivity index (χ1n) is 10.5. The summed E-state index contributed by atoms with van der Waals surface area (Å²) in [5.41, 5.74) is -0.159. The third kappa shape index (κ3) is 4.75. The van der Waals surface area contributed by atoms with Crippen LogP contribution in [0.2, 0.25) is 0 Å². The van der Waals surface area contributed by atoms with Crippen molar-refractivity contribution in [2.45, 2.75) is 20.8 Å². The van der Waals surface area contributed by atoms with Crippen molar-refractivity contribution in [3.05, 3.63) is 107 Å². The maximum absolute atomic E-state index is 12.9. The maximum Gasteiger partial charge on any atom is 0.344 e. The number of benzene rings is 3. The molecule has 4 rings (SSSR count). The average molecular weight is 490 g/mol. The second-order valence-corrected chi connectivity index (χ2v) is 8.06. The Bertz CT molecular complexity index is 1570. The highest BCUT2D eigenvalue weighted by Crippen LogP contribution is 2.30. The molecule has 0 atom stereocenters. The minimum atomic E-state index is -1.06. The molecule has 3 aromatic carbocycles. The van der Waals surface area contributed by atoms with Gasteiger partial charge in [-0.3, -0.25) is 25.0 Å². The first kappa shape index (κ1) is 24.1. The SMILES string of the molecule is Cc1cc(C)cc(Oc2coc3cc(OC(=O)c4cc([N+](=O)[O-])c(C)c([N+](=O)[O-])c4)ccc3c2=O)c1. The second kappa shape index (κ2) is 9.29. The molecule has 0 amide bonds. The largest absolute Gasteiger partial charge is 0.460 e. The van der Waals surface area contributed by atoms with Gasteiger partial charge in [0, 0.05) is 18.2 Å². The van der Waals surface area contributed by atoms with Crippen molar-refractivity contribution >= 4 is 28.3 Å². The molecule has 0 aliphatic heterocycles. The molecule has 0 fully saturated rings. The van der Waals surface area contributed by atoms with Crippen molar-refractivity contribution in [2.24, 2.45) is 0 Å². The lowest BCUT2D eigenvalue weighted by Crippen LogP contribution is -2.11. The minimum Gasteiger partial charge on any atom is -0.460 e. The van der Waals surface area contributed by atoms with E-state index >= 15 is 0 Å². The Hall–Kier alpha value is -5.06. The highest BCUT2D eigenvalue weighted by molar-refractivity contribution is 5.93. The minimum absolute atomic E-state index is 0.0310. The van der Waals surface area contributed by atoms with E-state index < -0.39 is 32.6 Å². The zero-order valence-electron chi connectivity index (χ0n) is 19.3. The summed E-state index contributed by atoms with van der Waals surface area (Å²) in [6.45, 7) is 5.02. The summed E-state index contributed by atoms with van der Waals surface area (Å²) >= 11 is 0. The standard InChI is InChI=1S/C25H18N2O9/c1-13-6-14(2)8-18(7-13)35-23-12-34-22-11-17(4-5-19(22)24(23)28)36-25(29)16-9-20(26(30)31)15(3)21(10-16)27(32)33/h4-12H,1-3H3. The molecule has 11 nitrogen and oxygen atoms in total. The van der Waals surface area contributed by atoms with Gasteiger partial charge in [-0.1, -0.05) is 6.07 Å². The molecule has 1 aromatic heterocycles. The number of carbonyl (C=O) groups excluding carboxylic acids is 1. The fraction of sp³-hybridized carbons (Fsp3) is 0.120. The number of hydrogen-bond acceptors (Lipinski definition) is 9. The number of hydrogen-bond donors (Lipinski definition) is 0. The number of fused-ring (bicyclic) bond motifs is 1. The molecule has 0 saturated carbocycles. The van der Waals surface area contributed by atoms with E-state index in [0.29, 0.717) is 5.75 Å². The molecule has 0 unspecified atom stereocenters. The molecule has 0 aliphatic rings. The van der Waals surface area contributed by atoms with Gasteiger partial charge in [0.15, 0.2) is 0 Å². The van der Waals surface area contributed by atoms with Crippen LogP contribution in [0, 0.1) is 41.0 Å². The molecule has 0 radical (unpaired) electrons. The zero-order chi connectivity index (χ0) is 26.1. The van der Waals surface area contributed by atoms with Crippen molar-refractivity contribution in [3.8, 4) is 17.2 Å². The molecule has 0 saturated heterocycles. The number of rotatable bonds is 6. The lowest BCUT2D eigenvalue weighted by atomic mass is 10.1. The zero-order valence-corrected chi connectivity index (χ0v) is 19.3. The summed E-state index contributed by atoms with van der Waals surface area (Å²) in [7, 11) is 0. The van der Waals surface area contributed by atoms with Gasteiger partial charge in [-0.2, -0.15) is 0 Å². The van der Waals surface area contributed by atoms with Crippen LogP contribution in [0.3, 0.4) is 0 Å². The van der Waals surface area contributed by atoms with E-state index in [1.165, 1.54) is 25.1 Å². The van der Waals surface area contributed by atoms with Gasteiger partial charge >= 0.3 is 5.97 Å². The van der Waals surface area contributed by atoms with Crippen LogP contribution in [-0.4, -0.2) is 15.8 Å². The van der Waals surface area contributed by atoms with E-state index in [-0.39, 0.29) is 33.6 Å². The van der Waals surface area contributed by atoms with Gasteiger partial charge in [0.25, 0.3) is 11.4 Å². The fourth-order valence-corrected chi connectivity index (χ4v) is 3.69. The van der Waals surface area contributed by atoms with E-state index in [9.17, 15) is 29.8 Å². The third-order valence-electron chi connectivity index (χ3n) is 5.33. The number of carbonyl (C=O) groups is 1. The van der Waals surface area contributed by atoms with Gasteiger partial charge in [-0.05, 0) is 56.2 Å². The van der Waals surface area contributed by atoms with Crippen LogP contribution in [0.15, 0.2) is 64.0 Å². The molecule has 36 heavy (non-hydrogen) atoms. The lowest BCUT2D eigenvalue weighted by molar-refractivity contribution is -0.395. The molecule has 11 heteroatoms. The molecular formula is C25H18N2O9. The van der Waals surface area contributed by atoms with Gasteiger partial charge < -0.3 is 13.9 Å². The van der Waals surface area contributed by atoms with Crippen LogP contribution in [0.25, 0.3) is 11.0 Å². The smallest absolute Gasteiger partial charge is 0.344 e. The highest BCUT2D eigenvalue weighted by atomic mass is 16.6. The Morgan fingerprint density at radius 3 is 2.06 bits per heavy atom. The Morgan fingerprint density at radius 2 is 1.47 bits per heavy atom. The predicted octanol–water partition coefficient (Wildman–Crippen LogP) is 5.55. The molecule has 182 valence electrons. The Morgan fingerprint density at radius 1 is 0.861 bits per heavy atom. The van der Waals surface area contributed by atoms with Crippen molar-refractivity contribution in [1.29, 1.82) is 0 Å². The van der Waals surface area contributed by atoms with Gasteiger partial charge in [0.05, 0.1) is 20.8 Å². The normalized spacial score (nSPS) is 10.8. The summed E-state index contributed by atoms with van der Waals surface area (Å²) in [6.07, 6.45) is 1.14. The highest BCUT2D eigenvalue weighted by Gasteiger charge is 2.26. The average Bonchev–Trinajstić information content (AvgIpc) is 2.80. The Kier molecular flexibility index (Phi) is 6.22. The quantitative estimate of drug-likeness (QED) is 0.147. The first-order valence-corrected chi connectivity index (χ1v) is 10.5. The van der Waals surface area contributed by atoms with Crippen LogP contribution in [0.5, 0.6) is 17.2 Å². The van der Waals surface area contributed by atoms with Gasteiger partial charge in [0.2, 0.25) is 11.2 Å². The van der Waals surface area contributed by atoms with Gasteiger partial charge in [0.1, 0.15) is 28.9 Å². The molecule has 4 aromatic rings. The number of aryl methyl sites for hydroxylation is 2. The second-order valence-electron chi connectivity index (χ2n) is 8.06. The predicted molar refractivity (Wildman–Crippen MR) is 128 cm³/mol. The molecule has 0 bridgehead atoms. The number of ether oxygens (including phenoxy) is 2. The van der Waals surface area contributed by atoms with E-state index in [1.807, 2.05) is 19.9 Å². The van der Waals surface area contributed by atoms with Crippen molar-refractivity contribution in [2.75, 3.05) is 0 Å². The molecule has 0 N–H and O–H groups in total. The summed E-state index contributed by atoms with van der Waals surface area (Å²) in [5.74, 6) is -0.648. The maximum atomic E-state index is 12.9. The van der Waals surface area contributed by atoms with Crippen LogP contribution in [0.1, 0.15) is 27.0 Å². The van der Waals surface area contributed by atoms with Gasteiger partial charge in [-0.15, -0.1) is 0 Å². The summed E-state index contributed by atoms with van der Waals surface area (Å²) < 4.78 is 16.4. The number of nitrogens with zero attached hydrogens (tertiary/aromatic N) is 2. The van der Waals surface area contributed by atoms with E-state index in [0.717, 1.165) is 29.5 Å². The van der Waals surface area contributed by atoms with Crippen LogP contribution >= 0.6 is 0 Å². The monoisotopic (exact) mass is 490 g/mol. The number of nitro benzene ring substituents is 2. The van der Waals surface area contributed by atoms with E-state index in [2.05, 4.69) is 0 Å². The van der Waals surface area contributed by atoms with Crippen LogP contribution in [-0.2, 0) is 0 Å². The number of esters is 1. The fourth-order valence-electron chi connectivity index (χ4n) is 3.69. The molecular weight excluding hydrogens is 472 g/mol. The van der Waals surface area contributed by atoms with E-state index in [1.54, 1.807) is 12.1 Å². The third-order valence-corrected chi connectivity index (χ3v) is 5.33. The first-order chi connectivity index (χ1) is 17.0. The molecule has 1 heterocycles. The van der Waals surface area contributed by atoms with E-state index in [4.69, 9.17) is 13.9 Å². The van der Waals surface area contributed by atoms with Crippen LogP contribution < -0.4 is 14.9 Å². The lowest BCUT2D eigenvalue weighted by Gasteiger charge is -2.09. The van der Waals surface area contributed by atoms with Crippen molar-refractivity contribution in [3.63, 3.8) is 0 Å². The number of nitro groups is 2. The Balaban J connectivity index is 1.63. The van der Waals surface area contributed by atoms with Gasteiger partial charge in [-0.25, -0.2) is 4.79 Å². The summed E-state index contributed by atoms with van der Waals surface area (Å²) in [4.78, 5) is 46.4. The van der Waals surface area contributed by atoms with Crippen molar-refractivity contribution < 1.29 is 28.5 Å². The Labute approximate surface area is 202 Å². The molecule has 0 aliphatic carbocycles. The van der Waals surface area contributed by atoms with Crippen molar-refractivity contribution in [1.82, 2.24) is 0 Å². The summed E-state index contributed by atoms with van der Waals surface area (Å²) in [5, 5.41) is 22.7. The summed E-state index contributed by atoms with van der Waals surface area (Å²) in [6, 6.07) is 11.3. The van der Waals surface area contributed by atoms with Crippen LogP contribution in [0.4, 0.5) is 11.4 Å².